The molecule has 28 heavy (non-hydrogen) atoms. The summed E-state index contributed by atoms with van der Waals surface area (Å²) in [6.45, 7) is 1.88. The summed E-state index contributed by atoms with van der Waals surface area (Å²) in [5.41, 5.74) is 2.67. The SMILES string of the molecule is CN=C(NCCc1ccccc1Cl)NCCc1cc(F)cc2c1OCOC2.I. The summed E-state index contributed by atoms with van der Waals surface area (Å²) in [6.07, 6.45) is 1.41. The van der Waals surface area contributed by atoms with Crippen LogP contribution < -0.4 is 15.4 Å². The molecule has 2 aromatic carbocycles. The smallest absolute Gasteiger partial charge is 0.190 e. The van der Waals surface area contributed by atoms with Crippen molar-refractivity contribution in [2.75, 3.05) is 26.9 Å². The van der Waals surface area contributed by atoms with Crippen LogP contribution in [0, 0.1) is 5.82 Å². The van der Waals surface area contributed by atoms with E-state index < -0.39 is 0 Å². The van der Waals surface area contributed by atoms with E-state index in [2.05, 4.69) is 15.6 Å². The number of benzene rings is 2. The highest BCUT2D eigenvalue weighted by atomic mass is 127. The average molecular weight is 520 g/mol. The summed E-state index contributed by atoms with van der Waals surface area (Å²) in [5.74, 6) is 1.14. The fourth-order valence-electron chi connectivity index (χ4n) is 3.00. The molecule has 2 N–H and O–H groups in total. The fourth-order valence-corrected chi connectivity index (χ4v) is 3.23. The molecule has 3 rings (SSSR count). The average Bonchev–Trinajstić information content (AvgIpc) is 2.68. The highest BCUT2D eigenvalue weighted by Crippen LogP contribution is 2.29. The van der Waals surface area contributed by atoms with Crippen molar-refractivity contribution in [1.82, 2.24) is 10.6 Å². The molecule has 0 aromatic heterocycles. The molecule has 0 saturated heterocycles. The minimum absolute atomic E-state index is 0. The number of guanidine groups is 1. The van der Waals surface area contributed by atoms with Crippen LogP contribution in [0.1, 0.15) is 16.7 Å². The van der Waals surface area contributed by atoms with Crippen molar-refractivity contribution in [1.29, 1.82) is 0 Å². The van der Waals surface area contributed by atoms with Crippen LogP contribution in [0.2, 0.25) is 5.02 Å². The topological polar surface area (TPSA) is 54.9 Å². The first kappa shape index (κ1) is 22.7. The van der Waals surface area contributed by atoms with Gasteiger partial charge in [-0.3, -0.25) is 4.99 Å². The zero-order chi connectivity index (χ0) is 19.1. The van der Waals surface area contributed by atoms with Crippen molar-refractivity contribution in [2.24, 2.45) is 4.99 Å². The highest BCUT2D eigenvalue weighted by molar-refractivity contribution is 14.0. The van der Waals surface area contributed by atoms with Gasteiger partial charge in [-0.15, -0.1) is 24.0 Å². The Kier molecular flexibility index (Phi) is 9.27. The third-order valence-electron chi connectivity index (χ3n) is 4.31. The maximum absolute atomic E-state index is 13.8. The Morgan fingerprint density at radius 2 is 1.86 bits per heavy atom. The highest BCUT2D eigenvalue weighted by Gasteiger charge is 2.16. The third-order valence-corrected chi connectivity index (χ3v) is 4.68. The summed E-state index contributed by atoms with van der Waals surface area (Å²) in [5, 5.41) is 7.27. The number of aliphatic imine (C=N–C) groups is 1. The summed E-state index contributed by atoms with van der Waals surface area (Å²) >= 11 is 6.17. The lowest BCUT2D eigenvalue weighted by molar-refractivity contribution is -0.0172. The number of fused-ring (bicyclic) bond motifs is 1. The van der Waals surface area contributed by atoms with Crippen LogP contribution in [0.25, 0.3) is 0 Å². The minimum atomic E-state index is -0.278. The second-order valence-corrected chi connectivity index (χ2v) is 6.59. The summed E-state index contributed by atoms with van der Waals surface area (Å²) < 4.78 is 24.5. The normalized spacial score (nSPS) is 13.2. The zero-order valence-corrected chi connectivity index (χ0v) is 18.7. The Morgan fingerprint density at radius 3 is 2.57 bits per heavy atom. The van der Waals surface area contributed by atoms with Gasteiger partial charge in [-0.05, 0) is 42.2 Å². The Labute approximate surface area is 186 Å². The van der Waals surface area contributed by atoms with Gasteiger partial charge in [-0.1, -0.05) is 29.8 Å². The van der Waals surface area contributed by atoms with Crippen molar-refractivity contribution in [3.8, 4) is 5.75 Å². The second kappa shape index (κ2) is 11.4. The van der Waals surface area contributed by atoms with E-state index in [-0.39, 0.29) is 36.6 Å². The Bertz CT molecular complexity index is 820. The van der Waals surface area contributed by atoms with Crippen LogP contribution >= 0.6 is 35.6 Å². The number of nitrogens with zero attached hydrogens (tertiary/aromatic N) is 1. The number of nitrogens with one attached hydrogen (secondary N) is 2. The first-order valence-corrected chi connectivity index (χ1v) is 9.25. The van der Waals surface area contributed by atoms with E-state index in [1.54, 1.807) is 7.05 Å². The van der Waals surface area contributed by atoms with E-state index in [1.807, 2.05) is 24.3 Å². The van der Waals surface area contributed by atoms with Crippen LogP contribution in [0.4, 0.5) is 4.39 Å². The second-order valence-electron chi connectivity index (χ2n) is 6.18. The monoisotopic (exact) mass is 519 g/mol. The lowest BCUT2D eigenvalue weighted by Crippen LogP contribution is -2.39. The van der Waals surface area contributed by atoms with E-state index in [4.69, 9.17) is 21.1 Å². The van der Waals surface area contributed by atoms with Crippen molar-refractivity contribution >= 4 is 41.5 Å². The molecule has 152 valence electrons. The van der Waals surface area contributed by atoms with Gasteiger partial charge in [0.25, 0.3) is 0 Å². The molecule has 8 heteroatoms. The van der Waals surface area contributed by atoms with Gasteiger partial charge >= 0.3 is 0 Å². The predicted molar refractivity (Wildman–Crippen MR) is 120 cm³/mol. The molecule has 0 spiro atoms. The number of ether oxygens (including phenoxy) is 2. The molecule has 2 aromatic rings. The predicted octanol–water partition coefficient (Wildman–Crippen LogP) is 3.91. The first-order chi connectivity index (χ1) is 13.2. The van der Waals surface area contributed by atoms with Gasteiger partial charge in [0.05, 0.1) is 6.61 Å². The van der Waals surface area contributed by atoms with Gasteiger partial charge in [-0.25, -0.2) is 4.39 Å². The summed E-state index contributed by atoms with van der Waals surface area (Å²) in [6, 6.07) is 10.8. The standard InChI is InChI=1S/C20H23ClFN3O2.HI/c1-23-20(24-8-6-14-4-2-3-5-18(14)21)25-9-7-15-10-17(22)11-16-12-26-13-27-19(15)16;/h2-5,10-11H,6-9,12-13H2,1H3,(H2,23,24,25);1H. The quantitative estimate of drug-likeness (QED) is 0.345. The van der Waals surface area contributed by atoms with Gasteiger partial charge in [0.15, 0.2) is 12.8 Å². The van der Waals surface area contributed by atoms with E-state index in [9.17, 15) is 4.39 Å². The molecule has 0 unspecified atom stereocenters. The van der Waals surface area contributed by atoms with Gasteiger partial charge in [0.1, 0.15) is 11.6 Å². The van der Waals surface area contributed by atoms with E-state index in [0.717, 1.165) is 33.9 Å². The molecule has 1 aliphatic heterocycles. The molecule has 0 fully saturated rings. The minimum Gasteiger partial charge on any atom is -0.467 e. The lowest BCUT2D eigenvalue weighted by atomic mass is 10.1. The molecule has 0 atom stereocenters. The van der Waals surface area contributed by atoms with Crippen LogP contribution in [0.5, 0.6) is 5.75 Å². The molecule has 0 saturated carbocycles. The van der Waals surface area contributed by atoms with Crippen molar-refractivity contribution < 1.29 is 13.9 Å². The number of halogens is 3. The van der Waals surface area contributed by atoms with E-state index >= 15 is 0 Å². The first-order valence-electron chi connectivity index (χ1n) is 8.87. The van der Waals surface area contributed by atoms with Crippen LogP contribution in [0.3, 0.4) is 0 Å². The summed E-state index contributed by atoms with van der Waals surface area (Å²) in [4.78, 5) is 4.21. The Hall–Kier alpha value is -1.58. The Morgan fingerprint density at radius 1 is 1.14 bits per heavy atom. The number of rotatable bonds is 6. The van der Waals surface area contributed by atoms with Crippen molar-refractivity contribution in [2.45, 2.75) is 19.4 Å². The zero-order valence-electron chi connectivity index (χ0n) is 15.6. The molecule has 0 bridgehead atoms. The van der Waals surface area contributed by atoms with Crippen molar-refractivity contribution in [3.05, 3.63) is 63.9 Å². The van der Waals surface area contributed by atoms with E-state index in [1.165, 1.54) is 12.1 Å². The molecule has 0 radical (unpaired) electrons. The summed E-state index contributed by atoms with van der Waals surface area (Å²) in [7, 11) is 1.72. The molecule has 0 aliphatic carbocycles. The molecule has 1 aliphatic rings. The van der Waals surface area contributed by atoms with Gasteiger partial charge in [-0.2, -0.15) is 0 Å². The van der Waals surface area contributed by atoms with Crippen molar-refractivity contribution in [3.63, 3.8) is 0 Å². The molecule has 0 amide bonds. The maximum Gasteiger partial charge on any atom is 0.190 e. The van der Waals surface area contributed by atoms with Gasteiger partial charge in [0.2, 0.25) is 0 Å². The maximum atomic E-state index is 13.8. The van der Waals surface area contributed by atoms with Gasteiger partial charge < -0.3 is 20.1 Å². The van der Waals surface area contributed by atoms with E-state index in [0.29, 0.717) is 32.1 Å². The van der Waals surface area contributed by atoms with Crippen LogP contribution in [-0.4, -0.2) is 32.9 Å². The fraction of sp³-hybridized carbons (Fsp3) is 0.350. The van der Waals surface area contributed by atoms with Gasteiger partial charge in [0, 0.05) is 30.7 Å². The molecule has 5 nitrogen and oxygen atoms in total. The number of hydrogen-bond donors (Lipinski definition) is 2. The molecule has 1 heterocycles. The third kappa shape index (κ3) is 6.22. The number of hydrogen-bond acceptors (Lipinski definition) is 3. The molecular weight excluding hydrogens is 496 g/mol. The van der Waals surface area contributed by atoms with Crippen LogP contribution in [-0.2, 0) is 24.2 Å². The lowest BCUT2D eigenvalue weighted by Gasteiger charge is -2.21. The largest absolute Gasteiger partial charge is 0.467 e. The Balaban J connectivity index is 0.00000280. The molecular formula is C20H24ClFIN3O2. The van der Waals surface area contributed by atoms with Crippen LogP contribution in [0.15, 0.2) is 41.4 Å².